The van der Waals surface area contributed by atoms with Crippen molar-refractivity contribution in [2.75, 3.05) is 25.6 Å². The number of para-hydroxylation sites is 1. The number of amides is 1. The molecule has 0 saturated carbocycles. The number of hydrazone groups is 1. The molecular weight excluding hydrogens is 356 g/mol. The molecule has 11 heteroatoms. The predicted molar refractivity (Wildman–Crippen MR) is 98.5 cm³/mol. The topological polar surface area (TPSA) is 151 Å². The van der Waals surface area contributed by atoms with Gasteiger partial charge in [-0.15, -0.1) is 5.10 Å². The molecule has 1 amide bonds. The Morgan fingerprint density at radius 1 is 1.37 bits per heavy atom. The monoisotopic (exact) mass is 376 g/mol. The molecule has 0 bridgehead atoms. The van der Waals surface area contributed by atoms with Crippen molar-refractivity contribution in [3.05, 3.63) is 44.6 Å². The molecule has 1 aromatic heterocycles. The molecule has 27 heavy (non-hydrogen) atoms. The van der Waals surface area contributed by atoms with Crippen molar-refractivity contribution in [3.63, 3.8) is 0 Å². The van der Waals surface area contributed by atoms with E-state index < -0.39 is 11.2 Å². The summed E-state index contributed by atoms with van der Waals surface area (Å²) in [6.07, 6.45) is 1.48. The van der Waals surface area contributed by atoms with Crippen molar-refractivity contribution in [2.24, 2.45) is 5.10 Å². The Kier molecular flexibility index (Phi) is 7.11. The van der Waals surface area contributed by atoms with Gasteiger partial charge in [0, 0.05) is 18.5 Å². The van der Waals surface area contributed by atoms with Crippen molar-refractivity contribution in [3.8, 4) is 11.5 Å². The van der Waals surface area contributed by atoms with E-state index in [0.29, 0.717) is 23.7 Å². The molecule has 4 N–H and O–H groups in total. The number of hydrogen-bond donors (Lipinski definition) is 4. The van der Waals surface area contributed by atoms with Crippen LogP contribution in [0.25, 0.3) is 0 Å². The van der Waals surface area contributed by atoms with Crippen LogP contribution in [0.3, 0.4) is 0 Å². The van der Waals surface area contributed by atoms with E-state index in [0.717, 1.165) is 0 Å². The van der Waals surface area contributed by atoms with Crippen LogP contribution in [-0.4, -0.2) is 47.6 Å². The molecule has 0 aliphatic heterocycles. The van der Waals surface area contributed by atoms with Crippen LogP contribution in [0, 0.1) is 0 Å². The summed E-state index contributed by atoms with van der Waals surface area (Å²) in [6, 6.07) is 5.33. The molecule has 0 aliphatic rings. The van der Waals surface area contributed by atoms with Crippen LogP contribution in [0.4, 0.5) is 5.82 Å². The molecule has 1 aromatic carbocycles. The smallest absolute Gasteiger partial charge is 0.342 e. The maximum absolute atomic E-state index is 11.8. The van der Waals surface area contributed by atoms with Gasteiger partial charge in [0.05, 0.1) is 19.9 Å². The fourth-order valence-electron chi connectivity index (χ4n) is 2.11. The van der Waals surface area contributed by atoms with Gasteiger partial charge in [0.25, 0.3) is 5.56 Å². The third-order valence-corrected chi connectivity index (χ3v) is 3.26. The fraction of sp³-hybridized carbons (Fsp3) is 0.312. The van der Waals surface area contributed by atoms with Crippen molar-refractivity contribution in [1.29, 1.82) is 0 Å². The van der Waals surface area contributed by atoms with Crippen molar-refractivity contribution >= 4 is 17.9 Å². The van der Waals surface area contributed by atoms with Gasteiger partial charge in [0.15, 0.2) is 11.5 Å². The highest BCUT2D eigenvalue weighted by Gasteiger charge is 2.08. The van der Waals surface area contributed by atoms with E-state index in [1.165, 1.54) is 13.3 Å². The molecule has 2 aromatic rings. The highest BCUT2D eigenvalue weighted by Crippen LogP contribution is 2.29. The lowest BCUT2D eigenvalue weighted by atomic mass is 10.2. The van der Waals surface area contributed by atoms with E-state index in [1.54, 1.807) is 18.2 Å². The molecule has 11 nitrogen and oxygen atoms in total. The molecule has 0 unspecified atom stereocenters. The maximum atomic E-state index is 11.8. The number of hydrogen-bond acceptors (Lipinski definition) is 8. The Hall–Kier alpha value is -3.63. The lowest BCUT2D eigenvalue weighted by Crippen LogP contribution is -2.28. The second-order valence-corrected chi connectivity index (χ2v) is 5.14. The average molecular weight is 376 g/mol. The number of benzene rings is 1. The predicted octanol–water partition coefficient (Wildman–Crippen LogP) is -0.182. The van der Waals surface area contributed by atoms with Gasteiger partial charge in [0.1, 0.15) is 0 Å². The summed E-state index contributed by atoms with van der Waals surface area (Å²) < 4.78 is 10.8. The number of H-pyrrole nitrogens is 2. The number of ether oxygens (including phenoxy) is 2. The standard InChI is InChI=1S/C16H20N6O5/c1-3-27-11-6-4-5-10(13(11)26-2)9-18-20-12(23)7-8-17-14-15(24)19-16(25)22-21-14/h4-6,9H,3,7-8H2,1-2H3,(H,17,21)(H,20,23)(H2,19,22,24,25)/b18-9+. The van der Waals surface area contributed by atoms with E-state index in [4.69, 9.17) is 9.47 Å². The van der Waals surface area contributed by atoms with Gasteiger partial charge < -0.3 is 14.8 Å². The zero-order valence-corrected chi connectivity index (χ0v) is 14.9. The van der Waals surface area contributed by atoms with Gasteiger partial charge in [0.2, 0.25) is 11.7 Å². The Balaban J connectivity index is 1.87. The van der Waals surface area contributed by atoms with Crippen LogP contribution in [0.15, 0.2) is 32.9 Å². The van der Waals surface area contributed by atoms with Crippen molar-refractivity contribution in [1.82, 2.24) is 20.6 Å². The first-order valence-corrected chi connectivity index (χ1v) is 8.09. The van der Waals surface area contributed by atoms with Crippen molar-refractivity contribution < 1.29 is 14.3 Å². The van der Waals surface area contributed by atoms with E-state index in [1.807, 2.05) is 11.9 Å². The van der Waals surface area contributed by atoms with Crippen LogP contribution in [0.1, 0.15) is 18.9 Å². The fourth-order valence-corrected chi connectivity index (χ4v) is 2.11. The normalized spacial score (nSPS) is 10.6. The number of aromatic nitrogens is 3. The first-order valence-electron chi connectivity index (χ1n) is 8.09. The zero-order chi connectivity index (χ0) is 19.6. The number of carbonyl (C=O) groups is 1. The number of rotatable bonds is 9. The number of anilines is 1. The Labute approximate surface area is 153 Å². The first kappa shape index (κ1) is 19.7. The molecular formula is C16H20N6O5. The summed E-state index contributed by atoms with van der Waals surface area (Å²) in [5.41, 5.74) is 1.64. The molecule has 0 fully saturated rings. The van der Waals surface area contributed by atoms with Gasteiger partial charge in [-0.2, -0.15) is 5.10 Å². The minimum atomic E-state index is -0.707. The minimum absolute atomic E-state index is 0.0354. The second-order valence-electron chi connectivity index (χ2n) is 5.14. The van der Waals surface area contributed by atoms with Crippen LogP contribution < -0.4 is 31.5 Å². The molecule has 0 spiro atoms. The summed E-state index contributed by atoms with van der Waals surface area (Å²) in [5.74, 6) is 0.642. The molecule has 0 radical (unpaired) electrons. The summed E-state index contributed by atoms with van der Waals surface area (Å²) >= 11 is 0. The average Bonchev–Trinajstić information content (AvgIpc) is 2.64. The van der Waals surface area contributed by atoms with Gasteiger partial charge in [-0.05, 0) is 19.1 Å². The highest BCUT2D eigenvalue weighted by atomic mass is 16.5. The number of aromatic amines is 2. The second kappa shape index (κ2) is 9.75. The maximum Gasteiger partial charge on any atom is 0.342 e. The summed E-state index contributed by atoms with van der Waals surface area (Å²) in [4.78, 5) is 36.1. The van der Waals surface area contributed by atoms with E-state index in [2.05, 4.69) is 26.0 Å². The molecule has 1 heterocycles. The number of carbonyl (C=O) groups excluding carboxylic acids is 1. The third-order valence-electron chi connectivity index (χ3n) is 3.26. The van der Waals surface area contributed by atoms with Crippen LogP contribution in [0.2, 0.25) is 0 Å². The largest absolute Gasteiger partial charge is 0.492 e. The molecule has 0 saturated heterocycles. The van der Waals surface area contributed by atoms with E-state index in [9.17, 15) is 14.4 Å². The molecule has 0 atom stereocenters. The number of nitrogens with one attached hydrogen (secondary N) is 4. The Bertz CT molecular complexity index is 920. The van der Waals surface area contributed by atoms with Gasteiger partial charge in [-0.3, -0.25) is 14.6 Å². The lowest BCUT2D eigenvalue weighted by molar-refractivity contribution is -0.120. The van der Waals surface area contributed by atoms with Gasteiger partial charge in [-0.25, -0.2) is 15.3 Å². The van der Waals surface area contributed by atoms with Gasteiger partial charge in [-0.1, -0.05) is 6.07 Å². The van der Waals surface area contributed by atoms with Crippen LogP contribution in [-0.2, 0) is 4.79 Å². The highest BCUT2D eigenvalue weighted by molar-refractivity contribution is 5.86. The van der Waals surface area contributed by atoms with Gasteiger partial charge >= 0.3 is 5.69 Å². The SMILES string of the molecule is CCOc1cccc(/C=N/NC(=O)CCNc2n[nH]c(=O)[nH]c2=O)c1OC. The van der Waals surface area contributed by atoms with Crippen LogP contribution in [0.5, 0.6) is 11.5 Å². The molecule has 144 valence electrons. The molecule has 2 rings (SSSR count). The number of methoxy groups -OCH3 is 1. The molecule has 0 aliphatic carbocycles. The third kappa shape index (κ3) is 5.70. The first-order chi connectivity index (χ1) is 13.0. The van der Waals surface area contributed by atoms with E-state index >= 15 is 0 Å². The Morgan fingerprint density at radius 3 is 2.89 bits per heavy atom. The summed E-state index contributed by atoms with van der Waals surface area (Å²) in [7, 11) is 1.52. The van der Waals surface area contributed by atoms with Crippen LogP contribution >= 0.6 is 0 Å². The lowest BCUT2D eigenvalue weighted by Gasteiger charge is -2.11. The number of nitrogens with zero attached hydrogens (tertiary/aromatic N) is 2. The summed E-state index contributed by atoms with van der Waals surface area (Å²) in [5, 5.41) is 12.2. The summed E-state index contributed by atoms with van der Waals surface area (Å²) in [6.45, 7) is 2.49. The van der Waals surface area contributed by atoms with Crippen molar-refractivity contribution in [2.45, 2.75) is 13.3 Å². The zero-order valence-electron chi connectivity index (χ0n) is 14.9. The Morgan fingerprint density at radius 2 is 2.19 bits per heavy atom. The quantitative estimate of drug-likeness (QED) is 0.350. The minimum Gasteiger partial charge on any atom is -0.492 e. The van der Waals surface area contributed by atoms with E-state index in [-0.39, 0.29) is 24.7 Å².